The van der Waals surface area contributed by atoms with Crippen molar-refractivity contribution in [2.75, 3.05) is 19.6 Å². The van der Waals surface area contributed by atoms with E-state index in [1.807, 2.05) is 4.90 Å². The van der Waals surface area contributed by atoms with Gasteiger partial charge in [-0.05, 0) is 18.3 Å². The number of hydrogen-bond acceptors (Lipinski definition) is 4. The van der Waals surface area contributed by atoms with E-state index in [0.717, 1.165) is 26.1 Å². The summed E-state index contributed by atoms with van der Waals surface area (Å²) in [5.74, 6) is 1.06. The molecule has 3 rings (SSSR count). The lowest BCUT2D eigenvalue weighted by molar-refractivity contribution is -0.125. The van der Waals surface area contributed by atoms with Crippen molar-refractivity contribution in [3.05, 3.63) is 0 Å². The third kappa shape index (κ3) is 2.14. The first-order chi connectivity index (χ1) is 9.20. The zero-order valence-corrected chi connectivity index (χ0v) is 11.2. The van der Waals surface area contributed by atoms with E-state index in [1.54, 1.807) is 0 Å². The van der Waals surface area contributed by atoms with Crippen LogP contribution in [-0.2, 0) is 9.59 Å². The van der Waals surface area contributed by atoms with Gasteiger partial charge in [0.15, 0.2) is 0 Å². The fourth-order valence-electron chi connectivity index (χ4n) is 3.57. The van der Waals surface area contributed by atoms with Crippen molar-refractivity contribution >= 4 is 17.5 Å². The number of carbonyl (C=O) groups is 2. The Balaban J connectivity index is 1.75. The van der Waals surface area contributed by atoms with Gasteiger partial charge in [-0.15, -0.1) is 0 Å². The van der Waals surface area contributed by atoms with E-state index in [9.17, 15) is 9.59 Å². The number of hydrogen-bond donors (Lipinski definition) is 2. The summed E-state index contributed by atoms with van der Waals surface area (Å²) in [6, 6.07) is 0.313. The first-order valence-electron chi connectivity index (χ1n) is 7.07. The molecule has 0 aliphatic carbocycles. The van der Waals surface area contributed by atoms with Crippen molar-refractivity contribution in [1.82, 2.24) is 15.6 Å². The normalized spacial score (nSPS) is 33.9. The van der Waals surface area contributed by atoms with Gasteiger partial charge in [0, 0.05) is 38.5 Å². The molecule has 6 nitrogen and oxygen atoms in total. The van der Waals surface area contributed by atoms with Crippen molar-refractivity contribution in [1.29, 1.82) is 0 Å². The molecule has 0 aromatic heterocycles. The van der Waals surface area contributed by atoms with Crippen LogP contribution in [0.25, 0.3) is 0 Å². The van der Waals surface area contributed by atoms with E-state index >= 15 is 0 Å². The Bertz CT molecular complexity index is 434. The second-order valence-corrected chi connectivity index (χ2v) is 5.61. The number of fused-ring (bicyclic) bond motifs is 1. The quantitative estimate of drug-likeness (QED) is 0.719. The molecule has 2 amide bonds. The number of carbonyl (C=O) groups excluding carboxylic acids is 2. The number of nitrogens with one attached hydrogen (secondary N) is 2. The second-order valence-electron chi connectivity index (χ2n) is 5.61. The first kappa shape index (κ1) is 12.6. The van der Waals surface area contributed by atoms with Crippen molar-refractivity contribution in [3.63, 3.8) is 0 Å². The maximum absolute atomic E-state index is 12.5. The number of rotatable bonds is 2. The van der Waals surface area contributed by atoms with Gasteiger partial charge in [0.25, 0.3) is 5.91 Å². The molecule has 2 fully saturated rings. The van der Waals surface area contributed by atoms with Gasteiger partial charge < -0.3 is 10.2 Å². The molecule has 0 aromatic carbocycles. The molecule has 0 aromatic rings. The zero-order chi connectivity index (χ0) is 13.4. The molecule has 0 radical (unpaired) electrons. The second kappa shape index (κ2) is 4.92. The van der Waals surface area contributed by atoms with Crippen LogP contribution < -0.4 is 10.7 Å². The molecule has 2 N–H and O–H groups in total. The fraction of sp³-hybridized carbons (Fsp3) is 0.769. The molecule has 6 heteroatoms. The SMILES string of the molecule is CCC1C2CNCC2CN1C(=O)C1=NNC(=O)CC1. The van der Waals surface area contributed by atoms with Crippen LogP contribution in [0.2, 0.25) is 0 Å². The molecule has 3 heterocycles. The Morgan fingerprint density at radius 1 is 1.42 bits per heavy atom. The maximum Gasteiger partial charge on any atom is 0.270 e. The molecule has 19 heavy (non-hydrogen) atoms. The van der Waals surface area contributed by atoms with Gasteiger partial charge in [-0.3, -0.25) is 9.59 Å². The number of hydrazone groups is 1. The van der Waals surface area contributed by atoms with Gasteiger partial charge >= 0.3 is 0 Å². The predicted octanol–water partition coefficient (Wildman–Crippen LogP) is -0.291. The zero-order valence-electron chi connectivity index (χ0n) is 11.2. The molecule has 3 aliphatic rings. The minimum absolute atomic E-state index is 0.0150. The monoisotopic (exact) mass is 264 g/mol. The fourth-order valence-corrected chi connectivity index (χ4v) is 3.57. The Morgan fingerprint density at radius 2 is 2.26 bits per heavy atom. The van der Waals surface area contributed by atoms with Crippen LogP contribution in [0.1, 0.15) is 26.2 Å². The average molecular weight is 264 g/mol. The maximum atomic E-state index is 12.5. The van der Waals surface area contributed by atoms with E-state index < -0.39 is 0 Å². The van der Waals surface area contributed by atoms with E-state index in [0.29, 0.717) is 36.4 Å². The summed E-state index contributed by atoms with van der Waals surface area (Å²) >= 11 is 0. The lowest BCUT2D eigenvalue weighted by atomic mass is 9.93. The smallest absolute Gasteiger partial charge is 0.270 e. The van der Waals surface area contributed by atoms with Crippen LogP contribution in [0.3, 0.4) is 0 Å². The largest absolute Gasteiger partial charge is 0.334 e. The van der Waals surface area contributed by atoms with E-state index in [-0.39, 0.29) is 11.8 Å². The lowest BCUT2D eigenvalue weighted by Gasteiger charge is -2.28. The third-order valence-corrected chi connectivity index (χ3v) is 4.55. The minimum atomic E-state index is -0.105. The highest BCUT2D eigenvalue weighted by molar-refractivity contribution is 6.39. The van der Waals surface area contributed by atoms with Crippen molar-refractivity contribution in [2.24, 2.45) is 16.9 Å². The third-order valence-electron chi connectivity index (χ3n) is 4.55. The van der Waals surface area contributed by atoms with Gasteiger partial charge in [-0.1, -0.05) is 6.92 Å². The van der Waals surface area contributed by atoms with Gasteiger partial charge in [0.1, 0.15) is 5.71 Å². The van der Waals surface area contributed by atoms with Crippen LogP contribution in [0.15, 0.2) is 5.10 Å². The Morgan fingerprint density at radius 3 is 2.95 bits per heavy atom. The molecule has 3 atom stereocenters. The summed E-state index contributed by atoms with van der Waals surface area (Å²) in [6.07, 6.45) is 1.81. The van der Waals surface area contributed by atoms with Crippen LogP contribution in [-0.4, -0.2) is 48.1 Å². The Kier molecular flexibility index (Phi) is 3.26. The highest BCUT2D eigenvalue weighted by atomic mass is 16.2. The average Bonchev–Trinajstić information content (AvgIpc) is 2.98. The molecule has 0 spiro atoms. The number of nitrogens with zero attached hydrogens (tertiary/aromatic N) is 2. The Labute approximate surface area is 112 Å². The van der Waals surface area contributed by atoms with Crippen LogP contribution in [0.5, 0.6) is 0 Å². The van der Waals surface area contributed by atoms with Crippen LogP contribution >= 0.6 is 0 Å². The van der Waals surface area contributed by atoms with Crippen molar-refractivity contribution < 1.29 is 9.59 Å². The standard InChI is InChI=1S/C13H20N4O2/c1-2-11-9-6-14-5-8(9)7-17(11)13(19)10-3-4-12(18)16-15-10/h8-9,11,14H,2-7H2,1H3,(H,16,18). The molecule has 0 saturated carbocycles. The van der Waals surface area contributed by atoms with E-state index in [1.165, 1.54) is 0 Å². The first-order valence-corrected chi connectivity index (χ1v) is 7.07. The summed E-state index contributed by atoms with van der Waals surface area (Å²) in [4.78, 5) is 25.6. The van der Waals surface area contributed by atoms with Gasteiger partial charge in [0.2, 0.25) is 5.91 Å². The minimum Gasteiger partial charge on any atom is -0.334 e. The summed E-state index contributed by atoms with van der Waals surface area (Å²) in [5.41, 5.74) is 2.91. The Hall–Kier alpha value is -1.43. The van der Waals surface area contributed by atoms with E-state index in [2.05, 4.69) is 22.8 Å². The highest BCUT2D eigenvalue weighted by Gasteiger charge is 2.45. The molecule has 2 saturated heterocycles. The molecule has 104 valence electrons. The topological polar surface area (TPSA) is 73.8 Å². The van der Waals surface area contributed by atoms with Gasteiger partial charge in [-0.2, -0.15) is 5.10 Å². The highest BCUT2D eigenvalue weighted by Crippen LogP contribution is 2.34. The molecule has 3 unspecified atom stereocenters. The van der Waals surface area contributed by atoms with E-state index in [4.69, 9.17) is 0 Å². The summed E-state index contributed by atoms with van der Waals surface area (Å²) in [7, 11) is 0. The predicted molar refractivity (Wildman–Crippen MR) is 70.5 cm³/mol. The van der Waals surface area contributed by atoms with Crippen LogP contribution in [0.4, 0.5) is 0 Å². The molecular formula is C13H20N4O2. The molecule has 0 bridgehead atoms. The summed E-state index contributed by atoms with van der Waals surface area (Å²) in [5, 5.41) is 7.34. The lowest BCUT2D eigenvalue weighted by Crippen LogP contribution is -2.44. The molecule has 3 aliphatic heterocycles. The van der Waals surface area contributed by atoms with Gasteiger partial charge in [-0.25, -0.2) is 5.43 Å². The summed E-state index contributed by atoms with van der Waals surface area (Å²) < 4.78 is 0. The molecular weight excluding hydrogens is 244 g/mol. The van der Waals surface area contributed by atoms with Gasteiger partial charge in [0.05, 0.1) is 0 Å². The number of likely N-dealkylation sites (tertiary alicyclic amines) is 1. The summed E-state index contributed by atoms with van der Waals surface area (Å²) in [6.45, 7) is 4.97. The van der Waals surface area contributed by atoms with Crippen molar-refractivity contribution in [3.8, 4) is 0 Å². The van der Waals surface area contributed by atoms with Crippen molar-refractivity contribution in [2.45, 2.75) is 32.2 Å². The van der Waals surface area contributed by atoms with Crippen LogP contribution in [0, 0.1) is 11.8 Å². The number of amides is 2.